The Morgan fingerprint density at radius 2 is 2.22 bits per heavy atom. The number of anilines is 2. The highest BCUT2D eigenvalue weighted by molar-refractivity contribution is 5.90. The third kappa shape index (κ3) is 2.39. The number of nitrogens with one attached hydrogen (secondary N) is 1. The maximum absolute atomic E-state index is 13.5. The number of carboxylic acid groups (broad SMARTS) is 1. The first-order chi connectivity index (χ1) is 8.47. The van der Waals surface area contributed by atoms with Gasteiger partial charge in [0.25, 0.3) is 0 Å². The Kier molecular flexibility index (Phi) is 3.15. The number of benzene rings is 1. The van der Waals surface area contributed by atoms with Crippen LogP contribution in [0.3, 0.4) is 0 Å². The number of aromatic carboxylic acids is 1. The highest BCUT2D eigenvalue weighted by Crippen LogP contribution is 2.48. The van der Waals surface area contributed by atoms with Gasteiger partial charge in [-0.05, 0) is 36.8 Å². The lowest BCUT2D eigenvalue weighted by atomic mass is 10.0. The summed E-state index contributed by atoms with van der Waals surface area (Å²) < 4.78 is 13.5. The van der Waals surface area contributed by atoms with Gasteiger partial charge in [-0.1, -0.05) is 6.92 Å². The van der Waals surface area contributed by atoms with Gasteiger partial charge in [-0.3, -0.25) is 0 Å². The maximum atomic E-state index is 13.5. The minimum atomic E-state index is -1.31. The number of nitrogen functional groups attached to an aromatic ring is 1. The van der Waals surface area contributed by atoms with E-state index in [1.54, 1.807) is 0 Å². The highest BCUT2D eigenvalue weighted by atomic mass is 19.1. The number of carbonyl (C=O) groups is 1. The molecule has 0 aliphatic heterocycles. The van der Waals surface area contributed by atoms with E-state index in [-0.39, 0.29) is 5.69 Å². The molecule has 0 aromatic heterocycles. The molecule has 0 heterocycles. The van der Waals surface area contributed by atoms with Crippen LogP contribution in [0.4, 0.5) is 15.8 Å². The lowest BCUT2D eigenvalue weighted by Crippen LogP contribution is -2.16. The second-order valence-corrected chi connectivity index (χ2v) is 4.93. The maximum Gasteiger partial charge on any atom is 0.338 e. The van der Waals surface area contributed by atoms with Crippen molar-refractivity contribution >= 4 is 17.3 Å². The monoisotopic (exact) mass is 252 g/mol. The van der Waals surface area contributed by atoms with Crippen LogP contribution in [-0.2, 0) is 0 Å². The van der Waals surface area contributed by atoms with E-state index in [0.717, 1.165) is 25.1 Å². The van der Waals surface area contributed by atoms with Gasteiger partial charge in [0.2, 0.25) is 0 Å². The molecule has 4 N–H and O–H groups in total. The van der Waals surface area contributed by atoms with E-state index in [1.807, 2.05) is 0 Å². The van der Waals surface area contributed by atoms with E-state index in [0.29, 0.717) is 11.1 Å². The van der Waals surface area contributed by atoms with Crippen molar-refractivity contribution in [3.63, 3.8) is 0 Å². The molecule has 1 fully saturated rings. The van der Waals surface area contributed by atoms with Gasteiger partial charge in [0.05, 0.1) is 16.9 Å². The number of carboxylic acids is 1. The van der Waals surface area contributed by atoms with Gasteiger partial charge in [0, 0.05) is 6.54 Å². The quantitative estimate of drug-likeness (QED) is 0.704. The van der Waals surface area contributed by atoms with Crippen molar-refractivity contribution in [2.75, 3.05) is 17.6 Å². The Morgan fingerprint density at radius 1 is 1.56 bits per heavy atom. The van der Waals surface area contributed by atoms with Crippen molar-refractivity contribution in [3.8, 4) is 0 Å². The van der Waals surface area contributed by atoms with Crippen LogP contribution in [0.25, 0.3) is 0 Å². The molecule has 1 aliphatic carbocycles. The predicted octanol–water partition coefficient (Wildman–Crippen LogP) is 2.71. The molecule has 0 radical (unpaired) electrons. The summed E-state index contributed by atoms with van der Waals surface area (Å²) in [5.74, 6) is -2.07. The number of hydrogen-bond donors (Lipinski definition) is 3. The summed E-state index contributed by atoms with van der Waals surface area (Å²) in [6, 6.07) is 2.32. The SMILES string of the molecule is CCC1(CNc2cc(F)c(C(=O)O)cc2N)CC1. The summed E-state index contributed by atoms with van der Waals surface area (Å²) in [5.41, 5.74) is 6.38. The fraction of sp³-hybridized carbons (Fsp3) is 0.462. The van der Waals surface area contributed by atoms with Crippen LogP contribution in [0.15, 0.2) is 12.1 Å². The Labute approximate surface area is 105 Å². The molecule has 0 unspecified atom stereocenters. The minimum absolute atomic E-state index is 0.265. The smallest absolute Gasteiger partial charge is 0.338 e. The third-order valence-corrected chi connectivity index (χ3v) is 3.73. The van der Waals surface area contributed by atoms with E-state index in [2.05, 4.69) is 12.2 Å². The van der Waals surface area contributed by atoms with Gasteiger partial charge in [-0.15, -0.1) is 0 Å². The third-order valence-electron chi connectivity index (χ3n) is 3.73. The molecular formula is C13H17FN2O2. The summed E-state index contributed by atoms with van der Waals surface area (Å²) in [4.78, 5) is 10.7. The number of nitrogens with two attached hydrogens (primary N) is 1. The number of rotatable bonds is 5. The first kappa shape index (κ1) is 12.7. The molecule has 0 atom stereocenters. The van der Waals surface area contributed by atoms with Gasteiger partial charge in [0.1, 0.15) is 5.82 Å². The standard InChI is InChI=1S/C13H17FN2O2/c1-2-13(3-4-13)7-16-11-6-9(14)8(12(17)18)5-10(11)15/h5-6,16H,2-4,7,15H2,1H3,(H,17,18). The van der Waals surface area contributed by atoms with Gasteiger partial charge in [-0.2, -0.15) is 0 Å². The molecule has 1 aromatic rings. The van der Waals surface area contributed by atoms with Crippen LogP contribution in [0.2, 0.25) is 0 Å². The summed E-state index contributed by atoms with van der Waals surface area (Å²) in [6.45, 7) is 2.88. The van der Waals surface area contributed by atoms with Crippen LogP contribution in [-0.4, -0.2) is 17.6 Å². The second kappa shape index (κ2) is 4.48. The summed E-state index contributed by atoms with van der Waals surface area (Å²) in [5, 5.41) is 11.9. The minimum Gasteiger partial charge on any atom is -0.478 e. The molecule has 2 rings (SSSR count). The molecule has 0 bridgehead atoms. The first-order valence-electron chi connectivity index (χ1n) is 6.03. The van der Waals surface area contributed by atoms with E-state index in [4.69, 9.17) is 10.8 Å². The van der Waals surface area contributed by atoms with Crippen molar-refractivity contribution in [2.24, 2.45) is 5.41 Å². The molecule has 0 spiro atoms. The number of hydrogen-bond acceptors (Lipinski definition) is 3. The lowest BCUT2D eigenvalue weighted by molar-refractivity contribution is 0.0692. The molecule has 4 nitrogen and oxygen atoms in total. The highest BCUT2D eigenvalue weighted by Gasteiger charge is 2.40. The van der Waals surface area contributed by atoms with E-state index >= 15 is 0 Å². The Hall–Kier alpha value is -1.78. The van der Waals surface area contributed by atoms with Gasteiger partial charge in [0.15, 0.2) is 0 Å². The normalized spacial score (nSPS) is 16.3. The van der Waals surface area contributed by atoms with Gasteiger partial charge < -0.3 is 16.2 Å². The van der Waals surface area contributed by atoms with Crippen LogP contribution < -0.4 is 11.1 Å². The van der Waals surface area contributed by atoms with Crippen molar-refractivity contribution in [2.45, 2.75) is 26.2 Å². The van der Waals surface area contributed by atoms with Crippen molar-refractivity contribution in [1.82, 2.24) is 0 Å². The van der Waals surface area contributed by atoms with E-state index < -0.39 is 17.3 Å². The predicted molar refractivity (Wildman–Crippen MR) is 68.2 cm³/mol. The van der Waals surface area contributed by atoms with Gasteiger partial charge >= 0.3 is 5.97 Å². The molecule has 1 aromatic carbocycles. The second-order valence-electron chi connectivity index (χ2n) is 4.93. The largest absolute Gasteiger partial charge is 0.478 e. The Balaban J connectivity index is 2.14. The molecule has 0 saturated heterocycles. The van der Waals surface area contributed by atoms with Crippen LogP contribution >= 0.6 is 0 Å². The molecular weight excluding hydrogens is 235 g/mol. The average Bonchev–Trinajstić information content (AvgIpc) is 3.10. The Morgan fingerprint density at radius 3 is 2.72 bits per heavy atom. The first-order valence-corrected chi connectivity index (χ1v) is 6.03. The van der Waals surface area contributed by atoms with Gasteiger partial charge in [-0.25, -0.2) is 9.18 Å². The van der Waals surface area contributed by atoms with Crippen molar-refractivity contribution in [1.29, 1.82) is 0 Å². The molecule has 18 heavy (non-hydrogen) atoms. The zero-order chi connectivity index (χ0) is 13.3. The summed E-state index contributed by atoms with van der Waals surface area (Å²) in [7, 11) is 0. The number of halogens is 1. The molecule has 1 saturated carbocycles. The van der Waals surface area contributed by atoms with Crippen molar-refractivity contribution in [3.05, 3.63) is 23.5 Å². The van der Waals surface area contributed by atoms with Crippen LogP contribution in [0.1, 0.15) is 36.5 Å². The zero-order valence-corrected chi connectivity index (χ0v) is 10.3. The molecule has 5 heteroatoms. The lowest BCUT2D eigenvalue weighted by Gasteiger charge is -2.16. The van der Waals surface area contributed by atoms with Crippen LogP contribution in [0, 0.1) is 11.2 Å². The fourth-order valence-corrected chi connectivity index (χ4v) is 2.02. The fourth-order valence-electron chi connectivity index (χ4n) is 2.02. The Bertz CT molecular complexity index is 484. The zero-order valence-electron chi connectivity index (χ0n) is 10.3. The summed E-state index contributed by atoms with van der Waals surface area (Å²) in [6.07, 6.45) is 3.42. The van der Waals surface area contributed by atoms with Crippen LogP contribution in [0.5, 0.6) is 0 Å². The molecule has 0 amide bonds. The van der Waals surface area contributed by atoms with E-state index in [1.165, 1.54) is 12.8 Å². The van der Waals surface area contributed by atoms with E-state index in [9.17, 15) is 9.18 Å². The molecule has 98 valence electrons. The average molecular weight is 252 g/mol. The molecule has 1 aliphatic rings. The summed E-state index contributed by atoms with van der Waals surface area (Å²) >= 11 is 0. The topological polar surface area (TPSA) is 75.3 Å². The van der Waals surface area contributed by atoms with Crippen molar-refractivity contribution < 1.29 is 14.3 Å².